The summed E-state index contributed by atoms with van der Waals surface area (Å²) in [6.07, 6.45) is 3.52. The van der Waals surface area contributed by atoms with E-state index in [1.165, 1.54) is 0 Å². The number of methoxy groups -OCH3 is 1. The summed E-state index contributed by atoms with van der Waals surface area (Å²) >= 11 is 1.61. The molecule has 154 valence electrons. The number of guanidine groups is 1. The van der Waals surface area contributed by atoms with Gasteiger partial charge in [-0.2, -0.15) is 5.10 Å². The van der Waals surface area contributed by atoms with Gasteiger partial charge in [-0.15, -0.1) is 11.3 Å². The molecule has 4 heterocycles. The van der Waals surface area contributed by atoms with Crippen LogP contribution in [0.3, 0.4) is 0 Å². The van der Waals surface area contributed by atoms with Gasteiger partial charge in [0.1, 0.15) is 24.4 Å². The summed E-state index contributed by atoms with van der Waals surface area (Å²) in [4.78, 5) is 14.7. The largest absolute Gasteiger partial charge is 0.443 e. The van der Waals surface area contributed by atoms with Crippen molar-refractivity contribution in [2.45, 2.75) is 45.5 Å². The minimum atomic E-state index is 0.233. The van der Waals surface area contributed by atoms with E-state index < -0.39 is 0 Å². The number of nitrogens with zero attached hydrogens (tertiary/aromatic N) is 5. The Hall–Kier alpha value is -2.72. The van der Waals surface area contributed by atoms with Gasteiger partial charge in [0.15, 0.2) is 11.8 Å². The van der Waals surface area contributed by atoms with E-state index in [1.807, 2.05) is 22.2 Å². The van der Waals surface area contributed by atoms with Crippen molar-refractivity contribution in [3.63, 3.8) is 0 Å². The number of hydrogen-bond donors (Lipinski definition) is 2. The number of rotatable bonds is 7. The highest BCUT2D eigenvalue weighted by Gasteiger charge is 2.22. The maximum Gasteiger partial charge on any atom is 0.236 e. The molecule has 0 fully saturated rings. The van der Waals surface area contributed by atoms with E-state index in [-0.39, 0.29) is 6.04 Å². The molecular weight excluding hydrogens is 390 g/mol. The van der Waals surface area contributed by atoms with Crippen LogP contribution in [0, 0.1) is 0 Å². The smallest absolute Gasteiger partial charge is 0.236 e. The summed E-state index contributed by atoms with van der Waals surface area (Å²) in [6, 6.07) is 4.21. The third-order valence-corrected chi connectivity index (χ3v) is 5.40. The van der Waals surface area contributed by atoms with Gasteiger partial charge in [-0.25, -0.2) is 19.6 Å². The highest BCUT2D eigenvalue weighted by Crippen LogP contribution is 2.23. The third kappa shape index (κ3) is 4.83. The normalized spacial score (nSPS) is 16.6. The van der Waals surface area contributed by atoms with Crippen molar-refractivity contribution in [3.8, 4) is 10.8 Å². The molecule has 4 rings (SSSR count). The Labute approximate surface area is 173 Å². The van der Waals surface area contributed by atoms with Crippen LogP contribution in [0.4, 0.5) is 0 Å². The summed E-state index contributed by atoms with van der Waals surface area (Å²) in [5.41, 5.74) is 0.803. The van der Waals surface area contributed by atoms with Crippen molar-refractivity contribution in [3.05, 3.63) is 41.1 Å². The molecule has 1 atom stereocenters. The van der Waals surface area contributed by atoms with Gasteiger partial charge < -0.3 is 19.8 Å². The number of aryl methyl sites for hydroxylation is 1. The Morgan fingerprint density at radius 2 is 2.38 bits per heavy atom. The molecule has 9 nitrogen and oxygen atoms in total. The third-order valence-electron chi connectivity index (χ3n) is 4.54. The van der Waals surface area contributed by atoms with E-state index in [0.717, 1.165) is 54.1 Å². The monoisotopic (exact) mass is 415 g/mol. The number of nitrogens with one attached hydrogen (secondary N) is 2. The summed E-state index contributed by atoms with van der Waals surface area (Å²) in [5, 5.41) is 13.3. The van der Waals surface area contributed by atoms with Crippen molar-refractivity contribution >= 4 is 17.3 Å². The number of fused-ring (bicyclic) bond motifs is 1. The van der Waals surface area contributed by atoms with Crippen molar-refractivity contribution < 1.29 is 9.15 Å². The predicted octanol–water partition coefficient (Wildman–Crippen LogP) is 2.21. The lowest BCUT2D eigenvalue weighted by atomic mass is 10.1. The second kappa shape index (κ2) is 9.19. The van der Waals surface area contributed by atoms with Crippen LogP contribution in [-0.2, 0) is 30.9 Å². The van der Waals surface area contributed by atoms with Crippen molar-refractivity contribution in [2.75, 3.05) is 13.7 Å². The molecule has 29 heavy (non-hydrogen) atoms. The lowest BCUT2D eigenvalue weighted by Crippen LogP contribution is -2.47. The highest BCUT2D eigenvalue weighted by molar-refractivity contribution is 7.13. The lowest BCUT2D eigenvalue weighted by molar-refractivity contribution is 0.177. The average molecular weight is 416 g/mol. The zero-order valence-electron chi connectivity index (χ0n) is 16.6. The van der Waals surface area contributed by atoms with Crippen LogP contribution in [0.25, 0.3) is 10.8 Å². The van der Waals surface area contributed by atoms with Crippen LogP contribution in [0.15, 0.2) is 33.2 Å². The standard InChI is InChI=1S/C19H25N7O2S/c1-3-20-19(21-9-14-11-28-18(22-14)15-5-4-8-29-15)23-13-6-7-17-24-16(12-27-2)25-26(17)10-13/h4-5,8,11,13H,3,6-7,9-10,12H2,1-2H3,(H2,20,21,23). The van der Waals surface area contributed by atoms with Crippen LogP contribution in [-0.4, -0.2) is 45.4 Å². The molecule has 0 saturated carbocycles. The summed E-state index contributed by atoms with van der Waals surface area (Å²) in [5.74, 6) is 3.15. The second-order valence-corrected chi connectivity index (χ2v) is 7.70. The lowest BCUT2D eigenvalue weighted by Gasteiger charge is -2.25. The van der Waals surface area contributed by atoms with Crippen LogP contribution in [0.1, 0.15) is 30.7 Å². The van der Waals surface area contributed by atoms with Gasteiger partial charge in [0, 0.05) is 26.1 Å². The number of ether oxygens (including phenoxy) is 1. The molecule has 0 radical (unpaired) electrons. The molecule has 10 heteroatoms. The first-order valence-electron chi connectivity index (χ1n) is 9.69. The molecular formula is C19H25N7O2S. The fourth-order valence-corrected chi connectivity index (χ4v) is 3.89. The molecule has 0 spiro atoms. The van der Waals surface area contributed by atoms with Gasteiger partial charge >= 0.3 is 0 Å². The van der Waals surface area contributed by atoms with Gasteiger partial charge in [-0.3, -0.25) is 0 Å². The minimum absolute atomic E-state index is 0.233. The molecule has 1 aliphatic heterocycles. The number of aromatic nitrogens is 4. The fraction of sp³-hybridized carbons (Fsp3) is 0.474. The Morgan fingerprint density at radius 1 is 1.45 bits per heavy atom. The number of oxazole rings is 1. The first-order valence-corrected chi connectivity index (χ1v) is 10.6. The fourth-order valence-electron chi connectivity index (χ4n) is 3.24. The average Bonchev–Trinajstić information content (AvgIpc) is 3.46. The number of aliphatic imine (C=N–C) groups is 1. The van der Waals surface area contributed by atoms with Crippen LogP contribution in [0.5, 0.6) is 0 Å². The van der Waals surface area contributed by atoms with E-state index >= 15 is 0 Å². The van der Waals surface area contributed by atoms with Gasteiger partial charge in [0.25, 0.3) is 0 Å². The molecule has 0 aromatic carbocycles. The van der Waals surface area contributed by atoms with E-state index in [2.05, 4.69) is 37.6 Å². The first kappa shape index (κ1) is 19.6. The maximum atomic E-state index is 5.57. The molecule has 0 bridgehead atoms. The van der Waals surface area contributed by atoms with Crippen molar-refractivity contribution in [1.29, 1.82) is 0 Å². The van der Waals surface area contributed by atoms with E-state index in [9.17, 15) is 0 Å². The summed E-state index contributed by atoms with van der Waals surface area (Å²) in [6.45, 7) is 4.47. The molecule has 0 aliphatic carbocycles. The van der Waals surface area contributed by atoms with Gasteiger partial charge in [-0.05, 0) is 24.8 Å². The summed E-state index contributed by atoms with van der Waals surface area (Å²) < 4.78 is 12.7. The Balaban J connectivity index is 1.38. The van der Waals surface area contributed by atoms with Gasteiger partial charge in [0.05, 0.1) is 18.0 Å². The SMILES string of the molecule is CCNC(=NCc1coc(-c2cccs2)n1)NC1CCc2nc(COC)nn2C1. The first-order chi connectivity index (χ1) is 14.2. The quantitative estimate of drug-likeness (QED) is 0.450. The predicted molar refractivity (Wildman–Crippen MR) is 111 cm³/mol. The van der Waals surface area contributed by atoms with Gasteiger partial charge in [0.2, 0.25) is 5.89 Å². The molecule has 3 aromatic rings. The Bertz CT molecular complexity index is 948. The number of thiophene rings is 1. The number of hydrogen-bond acceptors (Lipinski definition) is 7. The Morgan fingerprint density at radius 3 is 3.17 bits per heavy atom. The molecule has 2 N–H and O–H groups in total. The van der Waals surface area contributed by atoms with Crippen LogP contribution >= 0.6 is 11.3 Å². The van der Waals surface area contributed by atoms with Crippen LogP contribution in [0.2, 0.25) is 0 Å². The zero-order chi connectivity index (χ0) is 20.1. The molecule has 0 amide bonds. The van der Waals surface area contributed by atoms with Crippen LogP contribution < -0.4 is 10.6 Å². The minimum Gasteiger partial charge on any atom is -0.443 e. The summed E-state index contributed by atoms with van der Waals surface area (Å²) in [7, 11) is 1.65. The zero-order valence-corrected chi connectivity index (χ0v) is 17.4. The molecule has 1 unspecified atom stereocenters. The maximum absolute atomic E-state index is 5.57. The molecule has 3 aromatic heterocycles. The molecule has 1 aliphatic rings. The van der Waals surface area contributed by atoms with E-state index in [0.29, 0.717) is 19.0 Å². The van der Waals surface area contributed by atoms with Crippen molar-refractivity contribution in [2.24, 2.45) is 4.99 Å². The topological polar surface area (TPSA) is 102 Å². The van der Waals surface area contributed by atoms with E-state index in [4.69, 9.17) is 9.15 Å². The van der Waals surface area contributed by atoms with E-state index in [1.54, 1.807) is 24.7 Å². The highest BCUT2D eigenvalue weighted by atomic mass is 32.1. The Kier molecular flexibility index (Phi) is 6.20. The van der Waals surface area contributed by atoms with Gasteiger partial charge in [-0.1, -0.05) is 6.07 Å². The second-order valence-electron chi connectivity index (χ2n) is 6.76. The molecule has 0 saturated heterocycles. The van der Waals surface area contributed by atoms with Crippen molar-refractivity contribution in [1.82, 2.24) is 30.4 Å².